The second-order valence-corrected chi connectivity index (χ2v) is 4.94. The molecule has 2 aromatic rings. The van der Waals surface area contributed by atoms with Crippen molar-refractivity contribution >= 4 is 16.6 Å². The van der Waals surface area contributed by atoms with Crippen molar-refractivity contribution in [3.05, 3.63) is 36.0 Å². The quantitative estimate of drug-likeness (QED) is 0.777. The molecule has 1 fully saturated rings. The molecule has 0 unspecified atom stereocenters. The van der Waals surface area contributed by atoms with Gasteiger partial charge >= 0.3 is 0 Å². The first-order chi connectivity index (χ1) is 9.29. The highest BCUT2D eigenvalue weighted by molar-refractivity contribution is 5.94. The molecule has 0 atom stereocenters. The van der Waals surface area contributed by atoms with Crippen molar-refractivity contribution in [3.63, 3.8) is 0 Å². The monoisotopic (exact) mass is 252 g/mol. The average Bonchev–Trinajstić information content (AvgIpc) is 2.47. The maximum absolute atomic E-state index is 9.33. The highest BCUT2D eigenvalue weighted by atomic mass is 15.2. The number of piperazine rings is 1. The van der Waals surface area contributed by atoms with Crippen LogP contribution in [0.25, 0.3) is 10.9 Å². The van der Waals surface area contributed by atoms with E-state index in [1.54, 1.807) is 6.20 Å². The van der Waals surface area contributed by atoms with Gasteiger partial charge in [-0.3, -0.25) is 4.98 Å². The zero-order valence-electron chi connectivity index (χ0n) is 11.0. The van der Waals surface area contributed by atoms with Crippen molar-refractivity contribution in [2.45, 2.75) is 0 Å². The van der Waals surface area contributed by atoms with Crippen LogP contribution < -0.4 is 4.90 Å². The maximum atomic E-state index is 9.33. The normalized spacial score (nSPS) is 16.5. The minimum Gasteiger partial charge on any atom is -0.367 e. The number of hydrogen-bond acceptors (Lipinski definition) is 4. The van der Waals surface area contributed by atoms with Gasteiger partial charge in [0, 0.05) is 37.8 Å². The van der Waals surface area contributed by atoms with Crippen LogP contribution in [-0.2, 0) is 0 Å². The lowest BCUT2D eigenvalue weighted by atomic mass is 10.1. The van der Waals surface area contributed by atoms with Crippen molar-refractivity contribution in [2.24, 2.45) is 0 Å². The number of fused-ring (bicyclic) bond motifs is 1. The Morgan fingerprint density at radius 1 is 1.16 bits per heavy atom. The molecular formula is C15H16N4. The van der Waals surface area contributed by atoms with Gasteiger partial charge in [-0.25, -0.2) is 0 Å². The molecule has 4 nitrogen and oxygen atoms in total. The predicted octanol–water partition coefficient (Wildman–Crippen LogP) is 1.86. The summed E-state index contributed by atoms with van der Waals surface area (Å²) in [6, 6.07) is 10.3. The summed E-state index contributed by atoms with van der Waals surface area (Å²) in [6.07, 6.45) is 1.69. The molecule has 1 aromatic heterocycles. The van der Waals surface area contributed by atoms with E-state index < -0.39 is 0 Å². The summed E-state index contributed by atoms with van der Waals surface area (Å²) >= 11 is 0. The van der Waals surface area contributed by atoms with Crippen LogP contribution in [0.3, 0.4) is 0 Å². The van der Waals surface area contributed by atoms with Crippen LogP contribution in [0.15, 0.2) is 30.5 Å². The predicted molar refractivity (Wildman–Crippen MR) is 76.2 cm³/mol. The minimum absolute atomic E-state index is 0.670. The number of likely N-dealkylation sites (N-methyl/N-ethyl adjacent to an activating group) is 1. The van der Waals surface area contributed by atoms with Gasteiger partial charge < -0.3 is 9.80 Å². The van der Waals surface area contributed by atoms with Crippen LogP contribution in [-0.4, -0.2) is 43.1 Å². The average molecular weight is 252 g/mol. The zero-order chi connectivity index (χ0) is 13.2. The molecule has 96 valence electrons. The smallest absolute Gasteiger partial charge is 0.103 e. The molecule has 1 saturated heterocycles. The molecule has 0 bridgehead atoms. The van der Waals surface area contributed by atoms with Crippen LogP contribution >= 0.6 is 0 Å². The highest BCUT2D eigenvalue weighted by Crippen LogP contribution is 2.29. The van der Waals surface area contributed by atoms with Crippen molar-refractivity contribution in [1.29, 1.82) is 5.26 Å². The van der Waals surface area contributed by atoms with Crippen LogP contribution in [0.4, 0.5) is 5.69 Å². The standard InChI is InChI=1S/C15H16N4/c1-18-6-8-19(9-7-18)15-12(10-16)11-17-14-5-3-2-4-13(14)15/h2-5,11H,6-9H2,1H3. The number of anilines is 1. The van der Waals surface area contributed by atoms with Gasteiger partial charge in [-0.15, -0.1) is 0 Å². The molecule has 0 spiro atoms. The number of nitrogens with zero attached hydrogens (tertiary/aromatic N) is 4. The van der Waals surface area contributed by atoms with Gasteiger partial charge in [-0.2, -0.15) is 5.26 Å². The Morgan fingerprint density at radius 2 is 1.89 bits per heavy atom. The van der Waals surface area contributed by atoms with Gasteiger partial charge in [0.05, 0.1) is 16.8 Å². The number of hydrogen-bond donors (Lipinski definition) is 0. The second kappa shape index (κ2) is 4.87. The number of benzene rings is 1. The fraction of sp³-hybridized carbons (Fsp3) is 0.333. The topological polar surface area (TPSA) is 43.2 Å². The molecule has 4 heteroatoms. The second-order valence-electron chi connectivity index (χ2n) is 4.94. The van der Waals surface area contributed by atoms with Crippen LogP contribution in [0.1, 0.15) is 5.56 Å². The lowest BCUT2D eigenvalue weighted by Gasteiger charge is -2.35. The minimum atomic E-state index is 0.670. The SMILES string of the molecule is CN1CCN(c2c(C#N)cnc3ccccc23)CC1. The first-order valence-corrected chi connectivity index (χ1v) is 6.51. The summed E-state index contributed by atoms with van der Waals surface area (Å²) in [7, 11) is 2.13. The van der Waals surface area contributed by atoms with Crippen molar-refractivity contribution in [1.82, 2.24) is 9.88 Å². The molecule has 0 saturated carbocycles. The highest BCUT2D eigenvalue weighted by Gasteiger charge is 2.19. The molecular weight excluding hydrogens is 236 g/mol. The van der Waals surface area contributed by atoms with E-state index in [4.69, 9.17) is 0 Å². The Bertz CT molecular complexity index is 636. The number of para-hydroxylation sites is 1. The van der Waals surface area contributed by atoms with E-state index >= 15 is 0 Å². The lowest BCUT2D eigenvalue weighted by Crippen LogP contribution is -2.44. The Balaban J connectivity index is 2.12. The Labute approximate surface area is 112 Å². The Kier molecular flexibility index (Phi) is 3.06. The fourth-order valence-electron chi connectivity index (χ4n) is 2.58. The summed E-state index contributed by atoms with van der Waals surface area (Å²) in [4.78, 5) is 8.98. The molecule has 3 rings (SSSR count). The van der Waals surface area contributed by atoms with Crippen molar-refractivity contribution < 1.29 is 0 Å². The van der Waals surface area contributed by atoms with Crippen molar-refractivity contribution in [3.8, 4) is 6.07 Å². The summed E-state index contributed by atoms with van der Waals surface area (Å²) < 4.78 is 0. The van der Waals surface area contributed by atoms with Gasteiger partial charge in [0.15, 0.2) is 0 Å². The van der Waals surface area contributed by atoms with E-state index in [1.807, 2.05) is 18.2 Å². The van der Waals surface area contributed by atoms with Crippen LogP contribution in [0.2, 0.25) is 0 Å². The first kappa shape index (κ1) is 11.9. The number of nitriles is 1. The van der Waals surface area contributed by atoms with Gasteiger partial charge in [-0.1, -0.05) is 18.2 Å². The molecule has 0 radical (unpaired) electrons. The Hall–Kier alpha value is -2.12. The third-order valence-corrected chi connectivity index (χ3v) is 3.69. The number of aromatic nitrogens is 1. The zero-order valence-corrected chi connectivity index (χ0v) is 11.0. The Morgan fingerprint density at radius 3 is 2.63 bits per heavy atom. The molecule has 2 heterocycles. The van der Waals surface area contributed by atoms with E-state index in [1.165, 1.54) is 0 Å². The largest absolute Gasteiger partial charge is 0.367 e. The van der Waals surface area contributed by atoms with E-state index in [-0.39, 0.29) is 0 Å². The third-order valence-electron chi connectivity index (χ3n) is 3.69. The summed E-state index contributed by atoms with van der Waals surface area (Å²) in [5.74, 6) is 0. The molecule has 1 aromatic carbocycles. The lowest BCUT2D eigenvalue weighted by molar-refractivity contribution is 0.313. The molecule has 0 N–H and O–H groups in total. The van der Waals surface area contributed by atoms with Crippen LogP contribution in [0.5, 0.6) is 0 Å². The number of rotatable bonds is 1. The van der Waals surface area contributed by atoms with Crippen molar-refractivity contribution in [2.75, 3.05) is 38.1 Å². The summed E-state index contributed by atoms with van der Waals surface area (Å²) in [6.45, 7) is 3.97. The first-order valence-electron chi connectivity index (χ1n) is 6.51. The van der Waals surface area contributed by atoms with Gasteiger partial charge in [0.25, 0.3) is 0 Å². The van der Waals surface area contributed by atoms with E-state index in [9.17, 15) is 5.26 Å². The summed E-state index contributed by atoms with van der Waals surface area (Å²) in [5.41, 5.74) is 2.67. The molecule has 0 amide bonds. The fourth-order valence-corrected chi connectivity index (χ4v) is 2.58. The van der Waals surface area contributed by atoms with Gasteiger partial charge in [-0.05, 0) is 13.1 Å². The molecule has 0 aliphatic carbocycles. The van der Waals surface area contributed by atoms with E-state index in [2.05, 4.69) is 34.0 Å². The van der Waals surface area contributed by atoms with Gasteiger partial charge in [0.2, 0.25) is 0 Å². The van der Waals surface area contributed by atoms with E-state index in [0.29, 0.717) is 5.56 Å². The molecule has 1 aliphatic rings. The third kappa shape index (κ3) is 2.13. The number of pyridine rings is 1. The molecule has 19 heavy (non-hydrogen) atoms. The van der Waals surface area contributed by atoms with Crippen LogP contribution in [0, 0.1) is 11.3 Å². The van der Waals surface area contributed by atoms with E-state index in [0.717, 1.165) is 42.8 Å². The maximum Gasteiger partial charge on any atom is 0.103 e. The van der Waals surface area contributed by atoms with Gasteiger partial charge in [0.1, 0.15) is 6.07 Å². The molecule has 1 aliphatic heterocycles. The summed E-state index contributed by atoms with van der Waals surface area (Å²) in [5, 5.41) is 10.4.